The molecule has 3 aliphatic rings. The average molecular weight is 355 g/mol. The predicted molar refractivity (Wildman–Crippen MR) is 93.4 cm³/mol. The highest BCUT2D eigenvalue weighted by atomic mass is 16.7. The second kappa shape index (κ2) is 5.98. The number of benzene rings is 1. The van der Waals surface area contributed by atoms with Gasteiger partial charge in [-0.05, 0) is 18.6 Å². The summed E-state index contributed by atoms with van der Waals surface area (Å²) in [5.41, 5.74) is 2.22. The lowest BCUT2D eigenvalue weighted by molar-refractivity contribution is -0.383. The van der Waals surface area contributed by atoms with Crippen molar-refractivity contribution in [3.05, 3.63) is 30.0 Å². The Kier molecular flexibility index (Phi) is 3.75. The second-order valence-corrected chi connectivity index (χ2v) is 6.26. The van der Waals surface area contributed by atoms with Crippen LogP contribution in [0.5, 0.6) is 11.5 Å². The first-order valence-electron chi connectivity index (χ1n) is 8.37. The van der Waals surface area contributed by atoms with E-state index < -0.39 is 5.92 Å². The molecular weight excluding hydrogens is 336 g/mol. The molecule has 0 radical (unpaired) electrons. The zero-order valence-corrected chi connectivity index (χ0v) is 14.8. The van der Waals surface area contributed by atoms with Gasteiger partial charge in [0.25, 0.3) is 11.7 Å². The van der Waals surface area contributed by atoms with Crippen molar-refractivity contribution >= 4 is 29.2 Å². The van der Waals surface area contributed by atoms with E-state index in [1.807, 2.05) is 13.0 Å². The number of hydrogen-bond donors (Lipinski definition) is 1. The molecule has 134 valence electrons. The Labute approximate surface area is 150 Å². The normalized spacial score (nSPS) is 23.2. The lowest BCUT2D eigenvalue weighted by Crippen LogP contribution is -2.80. The largest absolute Gasteiger partial charge is 0.454 e. The van der Waals surface area contributed by atoms with Crippen molar-refractivity contribution in [2.24, 2.45) is 10.9 Å². The van der Waals surface area contributed by atoms with Gasteiger partial charge in [-0.2, -0.15) is 4.90 Å². The standard InChI is InChI=1S/C18H18N4O4/c1-4-10-8-19-16-14(17(23)22(3)18(24)21(16)2)15(10)20-11-5-6-12-13(7-11)26-9-25-12/h5-8,14H,4,9H2,1-3H3/p+1. The van der Waals surface area contributed by atoms with Crippen LogP contribution in [0.4, 0.5) is 10.5 Å². The third kappa shape index (κ3) is 2.37. The van der Waals surface area contributed by atoms with Crippen LogP contribution in [0.3, 0.4) is 0 Å². The van der Waals surface area contributed by atoms with Crippen molar-refractivity contribution in [1.29, 1.82) is 0 Å². The molecule has 3 aliphatic heterocycles. The maximum absolute atomic E-state index is 12.8. The fraction of sp³-hybridized carbons (Fsp3) is 0.333. The molecule has 4 rings (SSSR count). The Balaban J connectivity index is 1.81. The topological polar surface area (TPSA) is 85.4 Å². The fourth-order valence-corrected chi connectivity index (χ4v) is 3.29. The summed E-state index contributed by atoms with van der Waals surface area (Å²) in [6, 6.07) is 5.04. The van der Waals surface area contributed by atoms with Crippen molar-refractivity contribution in [2.75, 3.05) is 20.9 Å². The minimum Gasteiger partial charge on any atom is -0.454 e. The molecular formula is C18H19N4O4+. The first kappa shape index (κ1) is 16.3. The number of amidine groups is 1. The monoisotopic (exact) mass is 355 g/mol. The molecule has 1 aromatic carbocycles. The Hall–Kier alpha value is -3.16. The maximum Gasteiger partial charge on any atom is 0.417 e. The number of allylic oxidation sites excluding steroid dienone is 1. The predicted octanol–water partition coefficient (Wildman–Crippen LogP) is 0.414. The van der Waals surface area contributed by atoms with Crippen molar-refractivity contribution < 1.29 is 24.1 Å². The van der Waals surface area contributed by atoms with Crippen LogP contribution in [0.25, 0.3) is 0 Å². The maximum atomic E-state index is 12.8. The lowest BCUT2D eigenvalue weighted by atomic mass is 9.89. The minimum absolute atomic E-state index is 0.191. The molecule has 0 saturated carbocycles. The number of carbonyl (C=O) groups excluding carboxylic acids is 2. The van der Waals surface area contributed by atoms with Crippen LogP contribution in [0, 0.1) is 5.92 Å². The molecule has 1 atom stereocenters. The summed E-state index contributed by atoms with van der Waals surface area (Å²) in [5, 5.41) is 0. The number of hydrogen-bond acceptors (Lipinski definition) is 5. The molecule has 0 bridgehead atoms. The van der Waals surface area contributed by atoms with Gasteiger partial charge in [-0.1, -0.05) is 6.92 Å². The molecule has 3 heterocycles. The number of amides is 3. The van der Waals surface area contributed by atoms with Gasteiger partial charge in [0.05, 0.1) is 24.6 Å². The number of nitrogens with zero attached hydrogens (tertiary/aromatic N) is 3. The summed E-state index contributed by atoms with van der Waals surface area (Å²) < 4.78 is 10.7. The smallest absolute Gasteiger partial charge is 0.417 e. The van der Waals surface area contributed by atoms with Crippen LogP contribution in [0.2, 0.25) is 0 Å². The van der Waals surface area contributed by atoms with Gasteiger partial charge in [0.1, 0.15) is 0 Å². The van der Waals surface area contributed by atoms with E-state index in [0.717, 1.165) is 10.5 Å². The molecule has 1 aromatic rings. The summed E-state index contributed by atoms with van der Waals surface area (Å²) >= 11 is 0. The van der Waals surface area contributed by atoms with Gasteiger partial charge in [0.15, 0.2) is 17.4 Å². The van der Waals surface area contributed by atoms with Gasteiger partial charge < -0.3 is 9.47 Å². The van der Waals surface area contributed by atoms with Crippen molar-refractivity contribution in [3.8, 4) is 11.5 Å². The first-order chi connectivity index (χ1) is 12.5. The Morgan fingerprint density at radius 1 is 1.19 bits per heavy atom. The Morgan fingerprint density at radius 3 is 2.73 bits per heavy atom. The summed E-state index contributed by atoms with van der Waals surface area (Å²) in [4.78, 5) is 35.5. The molecule has 0 aliphatic carbocycles. The molecule has 26 heavy (non-hydrogen) atoms. The van der Waals surface area contributed by atoms with Gasteiger partial charge >= 0.3 is 6.03 Å². The SMILES string of the molecule is CCC1=C[NH+]=C2C(C(=O)N(C)C(=O)N2C)C1=Nc1ccc2c(c1)OCO2. The zero-order valence-electron chi connectivity index (χ0n) is 14.8. The first-order valence-corrected chi connectivity index (χ1v) is 8.37. The van der Waals surface area contributed by atoms with Crippen molar-refractivity contribution in [3.63, 3.8) is 0 Å². The van der Waals surface area contributed by atoms with Crippen LogP contribution >= 0.6 is 0 Å². The summed E-state index contributed by atoms with van der Waals surface area (Å²) in [6.07, 6.45) is 2.51. The number of rotatable bonds is 2. The number of urea groups is 1. The third-order valence-electron chi connectivity index (χ3n) is 4.77. The van der Waals surface area contributed by atoms with Gasteiger partial charge in [0.2, 0.25) is 6.79 Å². The van der Waals surface area contributed by atoms with Crippen LogP contribution in [0.15, 0.2) is 35.0 Å². The fourth-order valence-electron chi connectivity index (χ4n) is 3.29. The molecule has 0 aromatic heterocycles. The summed E-state index contributed by atoms with van der Waals surface area (Å²) in [5.74, 6) is 0.889. The Bertz CT molecular complexity index is 902. The molecule has 1 unspecified atom stereocenters. The van der Waals surface area contributed by atoms with E-state index in [1.54, 1.807) is 25.4 Å². The van der Waals surface area contributed by atoms with E-state index in [9.17, 15) is 9.59 Å². The molecule has 1 fully saturated rings. The van der Waals surface area contributed by atoms with Crippen LogP contribution in [-0.2, 0) is 4.79 Å². The minimum atomic E-state index is -0.645. The number of aliphatic imine (C=N–C) groups is 1. The number of nitrogens with one attached hydrogen (secondary N) is 1. The van der Waals surface area contributed by atoms with Gasteiger partial charge in [-0.25, -0.2) is 14.7 Å². The van der Waals surface area contributed by atoms with E-state index in [0.29, 0.717) is 35.2 Å². The van der Waals surface area contributed by atoms with E-state index in [-0.39, 0.29) is 18.7 Å². The summed E-state index contributed by atoms with van der Waals surface area (Å²) in [7, 11) is 3.13. The number of fused-ring (bicyclic) bond motifs is 2. The second-order valence-electron chi connectivity index (χ2n) is 6.26. The van der Waals surface area contributed by atoms with Gasteiger partial charge in [-0.3, -0.25) is 9.79 Å². The average Bonchev–Trinajstić information content (AvgIpc) is 3.12. The number of imide groups is 1. The number of carbonyl (C=O) groups is 2. The van der Waals surface area contributed by atoms with Gasteiger partial charge in [0, 0.05) is 18.7 Å². The van der Waals surface area contributed by atoms with E-state index >= 15 is 0 Å². The van der Waals surface area contributed by atoms with E-state index in [1.165, 1.54) is 11.9 Å². The quantitative estimate of drug-likeness (QED) is 0.833. The van der Waals surface area contributed by atoms with Crippen LogP contribution in [0.1, 0.15) is 13.3 Å². The Morgan fingerprint density at radius 2 is 1.96 bits per heavy atom. The highest BCUT2D eigenvalue weighted by Crippen LogP contribution is 2.36. The number of ether oxygens (including phenoxy) is 2. The zero-order chi connectivity index (χ0) is 18.4. The molecule has 0 spiro atoms. The van der Waals surface area contributed by atoms with E-state index in [2.05, 4.69) is 4.99 Å². The van der Waals surface area contributed by atoms with Crippen molar-refractivity contribution in [2.45, 2.75) is 13.3 Å². The molecule has 3 amide bonds. The lowest BCUT2D eigenvalue weighted by Gasteiger charge is -2.32. The highest BCUT2D eigenvalue weighted by molar-refractivity contribution is 6.31. The third-order valence-corrected chi connectivity index (χ3v) is 4.77. The van der Waals surface area contributed by atoms with Crippen LogP contribution < -0.4 is 14.5 Å². The molecule has 8 nitrogen and oxygen atoms in total. The van der Waals surface area contributed by atoms with Gasteiger partial charge in [-0.15, -0.1) is 0 Å². The summed E-state index contributed by atoms with van der Waals surface area (Å²) in [6.45, 7) is 2.19. The molecule has 8 heteroatoms. The highest BCUT2D eigenvalue weighted by Gasteiger charge is 2.50. The van der Waals surface area contributed by atoms with Crippen LogP contribution in [-0.4, -0.2) is 54.2 Å². The van der Waals surface area contributed by atoms with Crippen molar-refractivity contribution in [1.82, 2.24) is 9.80 Å². The molecule has 1 N–H and O–H groups in total. The van der Waals surface area contributed by atoms with E-state index in [4.69, 9.17) is 14.5 Å². The molecule has 1 saturated heterocycles.